The second-order valence-corrected chi connectivity index (χ2v) is 9.96. The third kappa shape index (κ3) is 5.17. The summed E-state index contributed by atoms with van der Waals surface area (Å²) in [5, 5.41) is -0.305. The zero-order valence-electron chi connectivity index (χ0n) is 17.6. The Labute approximate surface area is 183 Å². The van der Waals surface area contributed by atoms with Crippen molar-refractivity contribution in [2.75, 3.05) is 4.31 Å². The highest BCUT2D eigenvalue weighted by Crippen LogP contribution is 2.36. The fourth-order valence-electron chi connectivity index (χ4n) is 3.22. The maximum Gasteiger partial charge on any atom is 0.238 e. The van der Waals surface area contributed by atoms with E-state index in [1.165, 1.54) is 4.31 Å². The zero-order chi connectivity index (χ0) is 21.8. The predicted octanol–water partition coefficient (Wildman–Crippen LogP) is 5.16. The molecule has 162 valence electrons. The number of aromatic nitrogens is 1. The number of nitrogens with zero attached hydrogens (tertiary/aromatic N) is 2. The second-order valence-electron chi connectivity index (χ2n) is 7.82. The first-order valence-electron chi connectivity index (χ1n) is 10.4. The number of ether oxygens (including phenoxy) is 2. The minimum absolute atomic E-state index is 0.0285. The van der Waals surface area contributed by atoms with Crippen LogP contribution in [0.4, 0.5) is 5.69 Å². The summed E-state index contributed by atoms with van der Waals surface area (Å²) in [5.41, 5.74) is 1.45. The van der Waals surface area contributed by atoms with E-state index in [1.807, 2.05) is 50.2 Å². The minimum atomic E-state index is -3.43. The molecular weight excluding hydrogens is 412 g/mol. The number of benzene rings is 2. The van der Waals surface area contributed by atoms with Crippen LogP contribution in [0.3, 0.4) is 0 Å². The van der Waals surface area contributed by atoms with Gasteiger partial charge < -0.3 is 9.47 Å². The molecule has 0 spiro atoms. The van der Waals surface area contributed by atoms with Crippen LogP contribution in [0.25, 0.3) is 0 Å². The molecular formula is C24H26N2O4S. The molecule has 1 saturated carbocycles. The van der Waals surface area contributed by atoms with Crippen molar-refractivity contribution >= 4 is 15.7 Å². The highest BCUT2D eigenvalue weighted by molar-refractivity contribution is 7.93. The van der Waals surface area contributed by atoms with E-state index in [2.05, 4.69) is 4.98 Å². The number of rotatable bonds is 9. The summed E-state index contributed by atoms with van der Waals surface area (Å²) in [4.78, 5) is 4.11. The van der Waals surface area contributed by atoms with Gasteiger partial charge >= 0.3 is 0 Å². The molecule has 0 N–H and O–H groups in total. The number of anilines is 1. The van der Waals surface area contributed by atoms with Crippen LogP contribution in [0.5, 0.6) is 17.2 Å². The first-order chi connectivity index (χ1) is 14.9. The van der Waals surface area contributed by atoms with Crippen molar-refractivity contribution in [3.8, 4) is 17.2 Å². The van der Waals surface area contributed by atoms with E-state index in [0.29, 0.717) is 35.8 Å². The molecule has 4 rings (SSSR count). The topological polar surface area (TPSA) is 68.7 Å². The van der Waals surface area contributed by atoms with E-state index in [-0.39, 0.29) is 17.9 Å². The summed E-state index contributed by atoms with van der Waals surface area (Å²) >= 11 is 0. The SMILES string of the molecule is CC(C)Oc1ccccc1Oc1ccc(N(Cc2cccnc2)S(=O)(=O)C2CC2)cc1. The largest absolute Gasteiger partial charge is 0.487 e. The molecule has 0 bridgehead atoms. The Kier molecular flexibility index (Phi) is 6.13. The van der Waals surface area contributed by atoms with Crippen LogP contribution < -0.4 is 13.8 Å². The fourth-order valence-corrected chi connectivity index (χ4v) is 5.06. The van der Waals surface area contributed by atoms with Crippen molar-refractivity contribution in [2.24, 2.45) is 0 Å². The van der Waals surface area contributed by atoms with E-state index in [0.717, 1.165) is 5.56 Å². The average Bonchev–Trinajstić information content (AvgIpc) is 3.61. The number of sulfonamides is 1. The van der Waals surface area contributed by atoms with E-state index in [9.17, 15) is 8.42 Å². The number of pyridine rings is 1. The van der Waals surface area contributed by atoms with Gasteiger partial charge in [-0.05, 0) is 74.7 Å². The molecule has 1 heterocycles. The molecule has 2 aromatic carbocycles. The maximum atomic E-state index is 13.1. The Hall–Kier alpha value is -3.06. The number of hydrogen-bond acceptors (Lipinski definition) is 5. The van der Waals surface area contributed by atoms with Gasteiger partial charge in [0.05, 0.1) is 23.6 Å². The summed E-state index contributed by atoms with van der Waals surface area (Å²) < 4.78 is 39.4. The first-order valence-corrected chi connectivity index (χ1v) is 11.9. The Morgan fingerprint density at radius 2 is 1.71 bits per heavy atom. The van der Waals surface area contributed by atoms with Gasteiger partial charge in [0.15, 0.2) is 11.5 Å². The van der Waals surface area contributed by atoms with Gasteiger partial charge in [0.2, 0.25) is 10.0 Å². The lowest BCUT2D eigenvalue weighted by Gasteiger charge is -2.25. The predicted molar refractivity (Wildman–Crippen MR) is 121 cm³/mol. The Bertz CT molecular complexity index is 1110. The van der Waals surface area contributed by atoms with E-state index < -0.39 is 10.0 Å². The second kappa shape index (κ2) is 8.98. The standard InChI is InChI=1S/C24H26N2O4S/c1-18(2)29-23-7-3-4-8-24(23)30-21-11-9-20(10-12-21)26(31(27,28)22-13-14-22)17-19-6-5-15-25-16-19/h3-12,15-16,18,22H,13-14,17H2,1-2H3. The van der Waals surface area contributed by atoms with Crippen LogP contribution in [-0.2, 0) is 16.6 Å². The van der Waals surface area contributed by atoms with Gasteiger partial charge in [0, 0.05) is 12.4 Å². The van der Waals surface area contributed by atoms with E-state index in [4.69, 9.17) is 9.47 Å². The minimum Gasteiger partial charge on any atom is -0.487 e. The molecule has 1 aromatic heterocycles. The Balaban J connectivity index is 1.58. The highest BCUT2D eigenvalue weighted by atomic mass is 32.2. The molecule has 1 aliphatic rings. The van der Waals surface area contributed by atoms with Crippen LogP contribution >= 0.6 is 0 Å². The van der Waals surface area contributed by atoms with Crippen LogP contribution in [0.15, 0.2) is 73.1 Å². The Morgan fingerprint density at radius 1 is 1.00 bits per heavy atom. The molecule has 0 amide bonds. The zero-order valence-corrected chi connectivity index (χ0v) is 18.5. The van der Waals surface area contributed by atoms with Crippen molar-refractivity contribution in [3.05, 3.63) is 78.6 Å². The van der Waals surface area contributed by atoms with Crippen molar-refractivity contribution in [3.63, 3.8) is 0 Å². The summed E-state index contributed by atoms with van der Waals surface area (Å²) in [5.74, 6) is 1.88. The third-order valence-corrected chi connectivity index (χ3v) is 7.13. The summed E-state index contributed by atoms with van der Waals surface area (Å²) in [7, 11) is -3.43. The molecule has 3 aromatic rings. The first kappa shape index (κ1) is 21.2. The van der Waals surface area contributed by atoms with Crippen molar-refractivity contribution in [1.29, 1.82) is 0 Å². The Morgan fingerprint density at radius 3 is 2.32 bits per heavy atom. The summed E-state index contributed by atoms with van der Waals surface area (Å²) in [6.45, 7) is 4.17. The van der Waals surface area contributed by atoms with Gasteiger partial charge in [0.25, 0.3) is 0 Å². The molecule has 31 heavy (non-hydrogen) atoms. The smallest absolute Gasteiger partial charge is 0.238 e. The fraction of sp³-hybridized carbons (Fsp3) is 0.292. The van der Waals surface area contributed by atoms with E-state index in [1.54, 1.807) is 36.7 Å². The maximum absolute atomic E-state index is 13.1. The molecule has 0 saturated heterocycles. The molecule has 6 nitrogen and oxygen atoms in total. The van der Waals surface area contributed by atoms with Crippen LogP contribution in [0.1, 0.15) is 32.3 Å². The van der Waals surface area contributed by atoms with Crippen LogP contribution in [-0.4, -0.2) is 24.8 Å². The number of hydrogen-bond donors (Lipinski definition) is 0. The molecule has 1 aliphatic carbocycles. The lowest BCUT2D eigenvalue weighted by atomic mass is 10.2. The highest BCUT2D eigenvalue weighted by Gasteiger charge is 2.40. The molecule has 0 radical (unpaired) electrons. The molecule has 1 fully saturated rings. The van der Waals surface area contributed by atoms with Gasteiger partial charge in [-0.15, -0.1) is 0 Å². The van der Waals surface area contributed by atoms with Crippen molar-refractivity contribution in [1.82, 2.24) is 4.98 Å². The lowest BCUT2D eigenvalue weighted by molar-refractivity contribution is 0.233. The lowest BCUT2D eigenvalue weighted by Crippen LogP contribution is -2.33. The van der Waals surface area contributed by atoms with Gasteiger partial charge in [-0.3, -0.25) is 9.29 Å². The van der Waals surface area contributed by atoms with Gasteiger partial charge in [-0.25, -0.2) is 8.42 Å². The van der Waals surface area contributed by atoms with Gasteiger partial charge in [0.1, 0.15) is 5.75 Å². The molecule has 7 heteroatoms. The van der Waals surface area contributed by atoms with Gasteiger partial charge in [-0.1, -0.05) is 18.2 Å². The molecule has 0 aliphatic heterocycles. The monoisotopic (exact) mass is 438 g/mol. The normalized spacial score (nSPS) is 13.8. The quantitative estimate of drug-likeness (QED) is 0.462. The van der Waals surface area contributed by atoms with Gasteiger partial charge in [-0.2, -0.15) is 0 Å². The van der Waals surface area contributed by atoms with Crippen LogP contribution in [0.2, 0.25) is 0 Å². The number of para-hydroxylation sites is 2. The third-order valence-electron chi connectivity index (χ3n) is 4.87. The molecule has 0 unspecified atom stereocenters. The molecule has 0 atom stereocenters. The van der Waals surface area contributed by atoms with Crippen molar-refractivity contribution < 1.29 is 17.9 Å². The summed E-state index contributed by atoms with van der Waals surface area (Å²) in [6, 6.07) is 18.3. The van der Waals surface area contributed by atoms with Crippen LogP contribution in [0, 0.1) is 0 Å². The van der Waals surface area contributed by atoms with E-state index >= 15 is 0 Å². The van der Waals surface area contributed by atoms with Crippen molar-refractivity contribution in [2.45, 2.75) is 44.6 Å². The average molecular weight is 439 g/mol. The summed E-state index contributed by atoms with van der Waals surface area (Å²) in [6.07, 6.45) is 4.81.